The van der Waals surface area contributed by atoms with Gasteiger partial charge in [-0.15, -0.1) is 0 Å². The molecule has 4 heteroatoms. The number of aryl methyl sites for hydroxylation is 1. The predicted octanol–water partition coefficient (Wildman–Crippen LogP) is 3.03. The summed E-state index contributed by atoms with van der Waals surface area (Å²) in [5.74, 6) is 1.40. The van der Waals surface area contributed by atoms with E-state index in [1.807, 2.05) is 19.9 Å². The van der Waals surface area contributed by atoms with Crippen molar-refractivity contribution in [3.8, 4) is 11.5 Å². The molecule has 17 heavy (non-hydrogen) atoms. The van der Waals surface area contributed by atoms with E-state index in [9.17, 15) is 0 Å². The molecule has 96 valence electrons. The van der Waals surface area contributed by atoms with Crippen molar-refractivity contribution >= 4 is 11.6 Å². The van der Waals surface area contributed by atoms with E-state index < -0.39 is 0 Å². The Balaban J connectivity index is 2.99. The molecule has 0 amide bonds. The highest BCUT2D eigenvalue weighted by atomic mass is 35.5. The molecule has 0 heterocycles. The molecule has 0 fully saturated rings. The molecule has 2 N–H and O–H groups in total. The molecular formula is C13H20ClNO2. The summed E-state index contributed by atoms with van der Waals surface area (Å²) in [7, 11) is 1.61. The quantitative estimate of drug-likeness (QED) is 0.852. The number of nitrogens with two attached hydrogens (primary N) is 1. The number of benzene rings is 1. The van der Waals surface area contributed by atoms with Crippen molar-refractivity contribution in [2.24, 2.45) is 5.73 Å². The van der Waals surface area contributed by atoms with Crippen LogP contribution in [0.1, 0.15) is 25.8 Å². The number of ether oxygens (including phenoxy) is 2. The summed E-state index contributed by atoms with van der Waals surface area (Å²) in [6.45, 7) is 4.62. The number of hydrogen-bond acceptors (Lipinski definition) is 3. The van der Waals surface area contributed by atoms with Crippen LogP contribution in [0.5, 0.6) is 11.5 Å². The fourth-order valence-corrected chi connectivity index (χ4v) is 1.82. The largest absolute Gasteiger partial charge is 0.493 e. The average Bonchev–Trinajstić information content (AvgIpc) is 2.28. The van der Waals surface area contributed by atoms with Crippen molar-refractivity contribution in [3.05, 3.63) is 22.7 Å². The van der Waals surface area contributed by atoms with E-state index in [2.05, 4.69) is 0 Å². The van der Waals surface area contributed by atoms with E-state index in [1.165, 1.54) is 0 Å². The monoisotopic (exact) mass is 257 g/mol. The maximum Gasteiger partial charge on any atom is 0.162 e. The Kier molecular flexibility index (Phi) is 5.59. The number of halogens is 1. The normalized spacial score (nSPS) is 10.7. The van der Waals surface area contributed by atoms with Gasteiger partial charge in [0.05, 0.1) is 13.2 Å². The molecule has 0 atom stereocenters. The molecule has 0 saturated carbocycles. The molecule has 3 nitrogen and oxygen atoms in total. The van der Waals surface area contributed by atoms with E-state index >= 15 is 0 Å². The summed E-state index contributed by atoms with van der Waals surface area (Å²) < 4.78 is 10.9. The molecule has 1 aromatic rings. The van der Waals surface area contributed by atoms with E-state index in [1.54, 1.807) is 13.2 Å². The SMILES string of the molecule is COc1cc(Cl)c(CCCN)cc1OC(C)C. The minimum Gasteiger partial charge on any atom is -0.493 e. The van der Waals surface area contributed by atoms with Gasteiger partial charge in [-0.2, -0.15) is 0 Å². The summed E-state index contributed by atoms with van der Waals surface area (Å²) in [5, 5.41) is 0.700. The topological polar surface area (TPSA) is 44.5 Å². The van der Waals surface area contributed by atoms with Crippen LogP contribution >= 0.6 is 11.6 Å². The van der Waals surface area contributed by atoms with E-state index in [0.717, 1.165) is 24.2 Å². The summed E-state index contributed by atoms with van der Waals surface area (Å²) in [5.41, 5.74) is 6.55. The zero-order valence-electron chi connectivity index (χ0n) is 10.6. The van der Waals surface area contributed by atoms with Gasteiger partial charge >= 0.3 is 0 Å². The van der Waals surface area contributed by atoms with Crippen LogP contribution in [0.4, 0.5) is 0 Å². The molecule has 0 aliphatic heterocycles. The Morgan fingerprint density at radius 2 is 2.00 bits per heavy atom. The summed E-state index contributed by atoms with van der Waals surface area (Å²) in [6, 6.07) is 3.74. The van der Waals surface area contributed by atoms with Crippen molar-refractivity contribution in [1.82, 2.24) is 0 Å². The fourth-order valence-electron chi connectivity index (χ4n) is 1.57. The third kappa shape index (κ3) is 4.10. The van der Waals surface area contributed by atoms with Crippen molar-refractivity contribution in [3.63, 3.8) is 0 Å². The molecule has 0 spiro atoms. The van der Waals surface area contributed by atoms with Gasteiger partial charge in [0.1, 0.15) is 0 Å². The van der Waals surface area contributed by atoms with Gasteiger partial charge in [0.25, 0.3) is 0 Å². The van der Waals surface area contributed by atoms with Crippen LogP contribution in [0.25, 0.3) is 0 Å². The average molecular weight is 258 g/mol. The van der Waals surface area contributed by atoms with Crippen LogP contribution in [-0.4, -0.2) is 19.8 Å². The lowest BCUT2D eigenvalue weighted by molar-refractivity contribution is 0.230. The van der Waals surface area contributed by atoms with Crippen LogP contribution in [0, 0.1) is 0 Å². The lowest BCUT2D eigenvalue weighted by atomic mass is 10.1. The lowest BCUT2D eigenvalue weighted by Gasteiger charge is -2.15. The highest BCUT2D eigenvalue weighted by Crippen LogP contribution is 2.34. The lowest BCUT2D eigenvalue weighted by Crippen LogP contribution is -2.07. The first-order valence-electron chi connectivity index (χ1n) is 5.81. The zero-order valence-corrected chi connectivity index (χ0v) is 11.4. The highest BCUT2D eigenvalue weighted by Gasteiger charge is 2.11. The van der Waals surface area contributed by atoms with Gasteiger partial charge in [-0.05, 0) is 44.9 Å². The number of methoxy groups -OCH3 is 1. The van der Waals surface area contributed by atoms with Crippen molar-refractivity contribution in [2.45, 2.75) is 32.8 Å². The minimum atomic E-state index is 0.104. The Hall–Kier alpha value is -0.930. The molecule has 0 unspecified atom stereocenters. The van der Waals surface area contributed by atoms with Crippen molar-refractivity contribution in [2.75, 3.05) is 13.7 Å². The van der Waals surface area contributed by atoms with Gasteiger partial charge in [0.2, 0.25) is 0 Å². The molecule has 1 rings (SSSR count). The standard InChI is InChI=1S/C13H20ClNO2/c1-9(2)17-13-7-10(5-4-6-15)11(14)8-12(13)16-3/h7-9H,4-6,15H2,1-3H3. The Morgan fingerprint density at radius 1 is 1.29 bits per heavy atom. The van der Waals surface area contributed by atoms with Crippen molar-refractivity contribution in [1.29, 1.82) is 0 Å². The second-order valence-electron chi connectivity index (χ2n) is 4.15. The van der Waals surface area contributed by atoms with Gasteiger partial charge in [-0.1, -0.05) is 11.6 Å². The number of hydrogen-bond donors (Lipinski definition) is 1. The molecule has 0 radical (unpaired) electrons. The first-order chi connectivity index (χ1) is 8.08. The summed E-state index contributed by atoms with van der Waals surface area (Å²) in [4.78, 5) is 0. The van der Waals surface area contributed by atoms with Gasteiger partial charge in [0.15, 0.2) is 11.5 Å². The predicted molar refractivity (Wildman–Crippen MR) is 71.1 cm³/mol. The van der Waals surface area contributed by atoms with Gasteiger partial charge in [-0.3, -0.25) is 0 Å². The third-order valence-corrected chi connectivity index (χ3v) is 2.70. The third-order valence-electron chi connectivity index (χ3n) is 2.35. The fraction of sp³-hybridized carbons (Fsp3) is 0.538. The maximum absolute atomic E-state index is 6.18. The maximum atomic E-state index is 6.18. The smallest absolute Gasteiger partial charge is 0.162 e. The highest BCUT2D eigenvalue weighted by molar-refractivity contribution is 6.31. The van der Waals surface area contributed by atoms with Crippen LogP contribution in [0.2, 0.25) is 5.02 Å². The minimum absolute atomic E-state index is 0.104. The Bertz CT molecular complexity index is 367. The Labute approximate surface area is 108 Å². The van der Waals surface area contributed by atoms with Crippen LogP contribution in [-0.2, 0) is 6.42 Å². The molecule has 0 bridgehead atoms. The van der Waals surface area contributed by atoms with Crippen LogP contribution < -0.4 is 15.2 Å². The van der Waals surface area contributed by atoms with Gasteiger partial charge in [-0.25, -0.2) is 0 Å². The Morgan fingerprint density at radius 3 is 2.53 bits per heavy atom. The first kappa shape index (κ1) is 14.1. The summed E-state index contributed by atoms with van der Waals surface area (Å²) in [6.07, 6.45) is 1.87. The summed E-state index contributed by atoms with van der Waals surface area (Å²) >= 11 is 6.18. The first-order valence-corrected chi connectivity index (χ1v) is 6.19. The van der Waals surface area contributed by atoms with Crippen LogP contribution in [0.15, 0.2) is 12.1 Å². The van der Waals surface area contributed by atoms with E-state index in [4.69, 9.17) is 26.8 Å². The molecule has 0 aliphatic rings. The second-order valence-corrected chi connectivity index (χ2v) is 4.56. The molecule has 1 aromatic carbocycles. The molecule has 0 aliphatic carbocycles. The second kappa shape index (κ2) is 6.72. The van der Waals surface area contributed by atoms with Gasteiger partial charge < -0.3 is 15.2 Å². The van der Waals surface area contributed by atoms with Crippen molar-refractivity contribution < 1.29 is 9.47 Å². The molecular weight excluding hydrogens is 238 g/mol. The number of rotatable bonds is 6. The zero-order chi connectivity index (χ0) is 12.8. The molecule has 0 saturated heterocycles. The molecule has 0 aromatic heterocycles. The van der Waals surface area contributed by atoms with E-state index in [-0.39, 0.29) is 6.10 Å². The van der Waals surface area contributed by atoms with Gasteiger partial charge in [0, 0.05) is 11.1 Å². The van der Waals surface area contributed by atoms with E-state index in [0.29, 0.717) is 17.3 Å². The van der Waals surface area contributed by atoms with Crippen LogP contribution in [0.3, 0.4) is 0 Å².